The van der Waals surface area contributed by atoms with Crippen molar-refractivity contribution in [2.75, 3.05) is 5.32 Å². The summed E-state index contributed by atoms with van der Waals surface area (Å²) in [6.45, 7) is 3.76. The fourth-order valence-electron chi connectivity index (χ4n) is 2.06. The highest BCUT2D eigenvalue weighted by atomic mass is 32.1. The third-order valence-electron chi connectivity index (χ3n) is 3.37. The summed E-state index contributed by atoms with van der Waals surface area (Å²) in [5, 5.41) is 11.0. The zero-order valence-corrected chi connectivity index (χ0v) is 14.1. The summed E-state index contributed by atoms with van der Waals surface area (Å²) in [5.74, 6) is 0. The fraction of sp³-hybridized carbons (Fsp3) is 0.267. The molecule has 0 saturated heterocycles. The average molecular weight is 355 g/mol. The quantitative estimate of drug-likeness (QED) is 0.504. The van der Waals surface area contributed by atoms with Crippen molar-refractivity contribution >= 4 is 29.2 Å². The monoisotopic (exact) mass is 355 g/mol. The Labute approximate surface area is 142 Å². The Balaban J connectivity index is 2.00. The maximum Gasteiger partial charge on any atom is 0.416 e. The third-order valence-corrected chi connectivity index (χ3v) is 3.57. The van der Waals surface area contributed by atoms with Crippen molar-refractivity contribution in [2.24, 2.45) is 12.1 Å². The number of halogens is 3. The van der Waals surface area contributed by atoms with E-state index in [2.05, 4.69) is 20.9 Å². The van der Waals surface area contributed by atoms with Crippen LogP contribution in [0.3, 0.4) is 0 Å². The molecule has 0 fully saturated rings. The molecule has 0 radical (unpaired) electrons. The van der Waals surface area contributed by atoms with Crippen LogP contribution in [0, 0.1) is 13.8 Å². The molecule has 0 saturated carbocycles. The Morgan fingerprint density at radius 3 is 2.62 bits per heavy atom. The van der Waals surface area contributed by atoms with Crippen molar-refractivity contribution in [1.82, 2.24) is 15.2 Å². The van der Waals surface area contributed by atoms with Crippen molar-refractivity contribution in [1.29, 1.82) is 0 Å². The number of hydrogen-bond donors (Lipinski definition) is 2. The van der Waals surface area contributed by atoms with Crippen LogP contribution >= 0.6 is 12.2 Å². The van der Waals surface area contributed by atoms with Gasteiger partial charge in [-0.25, -0.2) is 0 Å². The number of benzene rings is 1. The molecule has 0 aliphatic carbocycles. The highest BCUT2D eigenvalue weighted by Gasteiger charge is 2.30. The third kappa shape index (κ3) is 4.31. The van der Waals surface area contributed by atoms with Gasteiger partial charge in [-0.05, 0) is 44.3 Å². The van der Waals surface area contributed by atoms with Crippen LogP contribution in [-0.2, 0) is 13.2 Å². The Kier molecular flexibility index (Phi) is 5.23. The predicted molar refractivity (Wildman–Crippen MR) is 91.1 cm³/mol. The van der Waals surface area contributed by atoms with Gasteiger partial charge in [0.2, 0.25) is 0 Å². The Morgan fingerprint density at radius 1 is 1.33 bits per heavy atom. The van der Waals surface area contributed by atoms with E-state index < -0.39 is 11.7 Å². The molecule has 5 nitrogen and oxygen atoms in total. The number of thiocarbonyl (C=S) groups is 1. The van der Waals surface area contributed by atoms with Gasteiger partial charge in [0.25, 0.3) is 0 Å². The number of aryl methyl sites for hydroxylation is 2. The van der Waals surface area contributed by atoms with E-state index in [4.69, 9.17) is 12.2 Å². The van der Waals surface area contributed by atoms with Crippen molar-refractivity contribution < 1.29 is 13.2 Å². The van der Waals surface area contributed by atoms with Gasteiger partial charge in [0.1, 0.15) is 0 Å². The highest BCUT2D eigenvalue weighted by Crippen LogP contribution is 2.30. The van der Waals surface area contributed by atoms with E-state index in [0.29, 0.717) is 0 Å². The summed E-state index contributed by atoms with van der Waals surface area (Å²) in [4.78, 5) is 0. The van der Waals surface area contributed by atoms with Crippen LogP contribution in [0.4, 0.5) is 18.9 Å². The zero-order valence-electron chi connectivity index (χ0n) is 13.3. The molecule has 1 aromatic carbocycles. The first-order chi connectivity index (χ1) is 11.2. The van der Waals surface area contributed by atoms with Crippen LogP contribution in [0.1, 0.15) is 22.5 Å². The largest absolute Gasteiger partial charge is 0.416 e. The molecule has 0 bridgehead atoms. The van der Waals surface area contributed by atoms with E-state index >= 15 is 0 Å². The van der Waals surface area contributed by atoms with Gasteiger partial charge in [0.05, 0.1) is 17.5 Å². The lowest BCUT2D eigenvalue weighted by Gasteiger charge is -2.10. The minimum Gasteiger partial charge on any atom is -0.331 e. The van der Waals surface area contributed by atoms with E-state index in [9.17, 15) is 13.2 Å². The number of aromatic nitrogens is 2. The zero-order chi connectivity index (χ0) is 17.9. The van der Waals surface area contributed by atoms with Crippen molar-refractivity contribution in [3.63, 3.8) is 0 Å². The second-order valence-electron chi connectivity index (χ2n) is 5.11. The Hall–Kier alpha value is -2.42. The van der Waals surface area contributed by atoms with E-state index in [-0.39, 0.29) is 10.8 Å². The smallest absolute Gasteiger partial charge is 0.331 e. The van der Waals surface area contributed by atoms with Gasteiger partial charge in [-0.3, -0.25) is 10.1 Å². The standard InChI is InChI=1S/C15H16F3N5S/c1-9-13(10(2)23(3)22-9)8-19-21-14(24)20-12-6-4-5-11(7-12)15(16,17)18/h4-8H,1-3H3,(H2,20,21,24)/b19-8+. The van der Waals surface area contributed by atoms with Gasteiger partial charge in [-0.15, -0.1) is 0 Å². The van der Waals surface area contributed by atoms with Gasteiger partial charge >= 0.3 is 6.18 Å². The molecule has 2 N–H and O–H groups in total. The normalized spacial score (nSPS) is 11.8. The van der Waals surface area contributed by atoms with E-state index in [1.165, 1.54) is 12.1 Å². The summed E-state index contributed by atoms with van der Waals surface area (Å²) in [6.07, 6.45) is -2.84. The molecule has 2 rings (SSSR count). The SMILES string of the molecule is Cc1nn(C)c(C)c1/C=N/NC(=S)Nc1cccc(C(F)(F)F)c1. The van der Waals surface area contributed by atoms with Crippen molar-refractivity contribution in [3.05, 3.63) is 46.8 Å². The van der Waals surface area contributed by atoms with Crippen LogP contribution in [-0.4, -0.2) is 21.1 Å². The maximum atomic E-state index is 12.7. The molecule has 2 aromatic rings. The summed E-state index contributed by atoms with van der Waals surface area (Å²) in [6, 6.07) is 4.77. The number of alkyl halides is 3. The van der Waals surface area contributed by atoms with Crippen LogP contribution in [0.15, 0.2) is 29.4 Å². The predicted octanol–water partition coefficient (Wildman–Crippen LogP) is 3.38. The first-order valence-electron chi connectivity index (χ1n) is 6.96. The fourth-order valence-corrected chi connectivity index (χ4v) is 2.24. The molecule has 9 heteroatoms. The molecule has 128 valence electrons. The van der Waals surface area contributed by atoms with Crippen LogP contribution in [0.5, 0.6) is 0 Å². The molecule has 0 spiro atoms. The molecule has 1 aromatic heterocycles. The van der Waals surface area contributed by atoms with E-state index in [0.717, 1.165) is 29.1 Å². The molecule has 1 heterocycles. The van der Waals surface area contributed by atoms with Crippen LogP contribution in [0.2, 0.25) is 0 Å². The molecular weight excluding hydrogens is 339 g/mol. The average Bonchev–Trinajstić information content (AvgIpc) is 2.73. The topological polar surface area (TPSA) is 54.2 Å². The minimum absolute atomic E-state index is 0.0878. The number of nitrogens with one attached hydrogen (secondary N) is 2. The Morgan fingerprint density at radius 2 is 2.04 bits per heavy atom. The summed E-state index contributed by atoms with van der Waals surface area (Å²) >= 11 is 5.02. The van der Waals surface area contributed by atoms with E-state index in [1.54, 1.807) is 10.9 Å². The number of nitrogens with zero attached hydrogens (tertiary/aromatic N) is 3. The molecule has 0 unspecified atom stereocenters. The maximum absolute atomic E-state index is 12.7. The van der Waals surface area contributed by atoms with Gasteiger partial charge in [-0.2, -0.15) is 23.4 Å². The van der Waals surface area contributed by atoms with Crippen LogP contribution < -0.4 is 10.7 Å². The first kappa shape index (κ1) is 17.9. The molecule has 0 aliphatic heterocycles. The lowest BCUT2D eigenvalue weighted by Crippen LogP contribution is -2.24. The second kappa shape index (κ2) is 7.00. The number of anilines is 1. The number of hydrogen-bond acceptors (Lipinski definition) is 3. The summed E-state index contributed by atoms with van der Waals surface area (Å²) < 4.78 is 39.7. The highest BCUT2D eigenvalue weighted by molar-refractivity contribution is 7.80. The number of hydrazone groups is 1. The molecular formula is C15H16F3N5S. The summed E-state index contributed by atoms with van der Waals surface area (Å²) in [7, 11) is 1.83. The Bertz CT molecular complexity index is 780. The molecule has 0 amide bonds. The molecule has 0 aliphatic rings. The van der Waals surface area contributed by atoms with Gasteiger partial charge < -0.3 is 5.32 Å². The lowest BCUT2D eigenvalue weighted by molar-refractivity contribution is -0.137. The minimum atomic E-state index is -4.40. The van der Waals surface area contributed by atoms with Gasteiger partial charge in [0, 0.05) is 24.0 Å². The van der Waals surface area contributed by atoms with Crippen molar-refractivity contribution in [3.8, 4) is 0 Å². The van der Waals surface area contributed by atoms with Gasteiger partial charge in [-0.1, -0.05) is 6.07 Å². The van der Waals surface area contributed by atoms with E-state index in [1.807, 2.05) is 20.9 Å². The summed E-state index contributed by atoms with van der Waals surface area (Å²) in [5.41, 5.74) is 4.66. The number of rotatable bonds is 3. The van der Waals surface area contributed by atoms with Crippen molar-refractivity contribution in [2.45, 2.75) is 20.0 Å². The van der Waals surface area contributed by atoms with Gasteiger partial charge in [0.15, 0.2) is 5.11 Å². The molecule has 24 heavy (non-hydrogen) atoms. The first-order valence-corrected chi connectivity index (χ1v) is 7.37. The molecule has 0 atom stereocenters. The second-order valence-corrected chi connectivity index (χ2v) is 5.52. The van der Waals surface area contributed by atoms with Crippen LogP contribution in [0.25, 0.3) is 0 Å². The lowest BCUT2D eigenvalue weighted by atomic mass is 10.2.